The van der Waals surface area contributed by atoms with Gasteiger partial charge in [-0.3, -0.25) is 4.21 Å². The van der Waals surface area contributed by atoms with Gasteiger partial charge in [0.25, 0.3) is 0 Å². The smallest absolute Gasteiger partial charge is 0.319 e. The molecule has 0 radical (unpaired) electrons. The Balaban J connectivity index is 1.91. The van der Waals surface area contributed by atoms with E-state index in [0.29, 0.717) is 18.0 Å². The summed E-state index contributed by atoms with van der Waals surface area (Å²) in [5, 5.41) is 5.64. The molecule has 2 N–H and O–H groups in total. The molecule has 5 heteroatoms. The largest absolute Gasteiger partial charge is 0.334 e. The first kappa shape index (κ1) is 18.2. The third-order valence-electron chi connectivity index (χ3n) is 3.46. The van der Waals surface area contributed by atoms with Crippen molar-refractivity contribution in [3.63, 3.8) is 0 Å². The fourth-order valence-electron chi connectivity index (χ4n) is 2.06. The van der Waals surface area contributed by atoms with Crippen LogP contribution in [0, 0.1) is 0 Å². The predicted molar refractivity (Wildman–Crippen MR) is 100 cm³/mol. The number of rotatable bonds is 5. The van der Waals surface area contributed by atoms with Crippen LogP contribution in [0.2, 0.25) is 0 Å². The molecule has 0 aliphatic carbocycles. The van der Waals surface area contributed by atoms with Crippen molar-refractivity contribution in [3.05, 3.63) is 65.7 Å². The molecule has 2 aromatic carbocycles. The molecule has 2 aromatic rings. The Morgan fingerprint density at radius 3 is 2.33 bits per heavy atom. The molecule has 0 unspecified atom stereocenters. The van der Waals surface area contributed by atoms with E-state index in [2.05, 4.69) is 10.6 Å². The number of hydrogen-bond acceptors (Lipinski definition) is 2. The normalized spacial score (nSPS) is 12.5. The highest BCUT2D eigenvalue weighted by molar-refractivity contribution is 7.85. The molecule has 128 valence electrons. The molecule has 0 spiro atoms. The molecule has 0 aliphatic heterocycles. The average molecular weight is 344 g/mol. The zero-order valence-electron chi connectivity index (χ0n) is 14.3. The van der Waals surface area contributed by atoms with Crippen molar-refractivity contribution < 1.29 is 9.00 Å². The summed E-state index contributed by atoms with van der Waals surface area (Å²) in [4.78, 5) is 12.0. The van der Waals surface area contributed by atoms with Crippen molar-refractivity contribution in [3.8, 4) is 0 Å². The van der Waals surface area contributed by atoms with Crippen LogP contribution < -0.4 is 10.6 Å². The first-order valence-electron chi connectivity index (χ1n) is 7.91. The third-order valence-corrected chi connectivity index (χ3v) is 5.42. The number of amides is 2. The van der Waals surface area contributed by atoms with Crippen molar-refractivity contribution in [2.24, 2.45) is 0 Å². The Morgan fingerprint density at radius 2 is 1.67 bits per heavy atom. The average Bonchev–Trinajstić information content (AvgIpc) is 2.53. The molecule has 2 rings (SSSR count). The van der Waals surface area contributed by atoms with Gasteiger partial charge in [0.15, 0.2) is 0 Å². The van der Waals surface area contributed by atoms with E-state index in [1.807, 2.05) is 75.4 Å². The molecule has 0 heterocycles. The zero-order chi connectivity index (χ0) is 17.6. The number of benzene rings is 2. The van der Waals surface area contributed by atoms with Crippen LogP contribution >= 0.6 is 0 Å². The highest BCUT2D eigenvalue weighted by atomic mass is 32.2. The lowest BCUT2D eigenvalue weighted by Crippen LogP contribution is -2.28. The minimum atomic E-state index is -0.966. The lowest BCUT2D eigenvalue weighted by Gasteiger charge is -2.18. The number of anilines is 1. The maximum absolute atomic E-state index is 12.2. The van der Waals surface area contributed by atoms with Crippen molar-refractivity contribution >= 4 is 22.5 Å². The first-order chi connectivity index (χ1) is 11.3. The maximum Gasteiger partial charge on any atom is 0.319 e. The summed E-state index contributed by atoms with van der Waals surface area (Å²) in [6.45, 7) is 6.35. The Labute approximate surface area is 146 Å². The first-order valence-corrected chi connectivity index (χ1v) is 9.23. The molecule has 0 saturated heterocycles. The molecule has 0 saturated carbocycles. The lowest BCUT2D eigenvalue weighted by molar-refractivity contribution is 0.251. The second kappa shape index (κ2) is 8.11. The summed E-state index contributed by atoms with van der Waals surface area (Å²) in [6.07, 6.45) is 0. The van der Waals surface area contributed by atoms with Gasteiger partial charge in [0.05, 0.1) is 0 Å². The molecular formula is C19H24N2O2S. The number of hydrogen-bond donors (Lipinski definition) is 2. The van der Waals surface area contributed by atoms with E-state index in [1.165, 1.54) is 0 Å². The standard InChI is InChI=1S/C19H24N2O2S/c1-19(2,3)24(23)14-16-10-7-11-17(12-16)21-18(22)20-13-15-8-5-4-6-9-15/h4-12H,13-14H2,1-3H3,(H2,20,21,22)/t24-/m0/s1. The molecule has 1 atom stereocenters. The third kappa shape index (κ3) is 5.81. The van der Waals surface area contributed by atoms with Crippen LogP contribution in [0.1, 0.15) is 31.9 Å². The van der Waals surface area contributed by atoms with Gasteiger partial charge in [0.1, 0.15) is 0 Å². The van der Waals surface area contributed by atoms with Crippen LogP contribution in [0.15, 0.2) is 54.6 Å². The molecule has 0 bridgehead atoms. The SMILES string of the molecule is CC(C)(C)[S@@](=O)Cc1cccc(NC(=O)NCc2ccccc2)c1. The van der Waals surface area contributed by atoms with E-state index in [1.54, 1.807) is 0 Å². The molecule has 0 fully saturated rings. The van der Waals surface area contributed by atoms with Gasteiger partial charge < -0.3 is 10.6 Å². The minimum Gasteiger partial charge on any atom is -0.334 e. The van der Waals surface area contributed by atoms with Crippen LogP contribution in [0.3, 0.4) is 0 Å². The molecular weight excluding hydrogens is 320 g/mol. The second-order valence-corrected chi connectivity index (χ2v) is 8.80. The summed E-state index contributed by atoms with van der Waals surface area (Å²) < 4.78 is 12.0. The summed E-state index contributed by atoms with van der Waals surface area (Å²) in [5.74, 6) is 0.477. The Hall–Kier alpha value is -2.14. The molecule has 0 aromatic heterocycles. The van der Waals surface area contributed by atoms with Crippen LogP contribution in [-0.2, 0) is 23.1 Å². The van der Waals surface area contributed by atoms with Crippen LogP contribution in [0.5, 0.6) is 0 Å². The van der Waals surface area contributed by atoms with E-state index >= 15 is 0 Å². The van der Waals surface area contributed by atoms with Gasteiger partial charge in [0, 0.05) is 33.5 Å². The van der Waals surface area contributed by atoms with Crippen molar-refractivity contribution in [2.45, 2.75) is 37.8 Å². The topological polar surface area (TPSA) is 58.2 Å². The van der Waals surface area contributed by atoms with E-state index in [-0.39, 0.29) is 10.8 Å². The molecule has 4 nitrogen and oxygen atoms in total. The summed E-state index contributed by atoms with van der Waals surface area (Å²) >= 11 is 0. The Kier molecular flexibility index (Phi) is 6.15. The van der Waals surface area contributed by atoms with Crippen LogP contribution in [0.4, 0.5) is 10.5 Å². The summed E-state index contributed by atoms with van der Waals surface area (Å²) in [5.41, 5.74) is 2.69. The predicted octanol–water partition coefficient (Wildman–Crippen LogP) is 4.06. The van der Waals surface area contributed by atoms with Crippen LogP contribution in [0.25, 0.3) is 0 Å². The molecule has 2 amide bonds. The number of carbonyl (C=O) groups is 1. The van der Waals surface area contributed by atoms with Crippen molar-refractivity contribution in [1.82, 2.24) is 5.32 Å². The Bertz CT molecular complexity index is 709. The van der Waals surface area contributed by atoms with Gasteiger partial charge in [0.2, 0.25) is 0 Å². The van der Waals surface area contributed by atoms with Gasteiger partial charge in [-0.05, 0) is 44.0 Å². The van der Waals surface area contributed by atoms with Crippen LogP contribution in [-0.4, -0.2) is 15.0 Å². The highest BCUT2D eigenvalue weighted by Gasteiger charge is 2.19. The second-order valence-electron chi connectivity index (χ2n) is 6.60. The van der Waals surface area contributed by atoms with Gasteiger partial charge in [-0.25, -0.2) is 4.79 Å². The van der Waals surface area contributed by atoms with Gasteiger partial charge in [-0.15, -0.1) is 0 Å². The summed E-state index contributed by atoms with van der Waals surface area (Å²) in [7, 11) is -0.966. The lowest BCUT2D eigenvalue weighted by atomic mass is 10.2. The van der Waals surface area contributed by atoms with Crippen molar-refractivity contribution in [1.29, 1.82) is 0 Å². The minimum absolute atomic E-state index is 0.253. The van der Waals surface area contributed by atoms with E-state index < -0.39 is 10.8 Å². The van der Waals surface area contributed by atoms with Crippen molar-refractivity contribution in [2.75, 3.05) is 5.32 Å². The highest BCUT2D eigenvalue weighted by Crippen LogP contribution is 2.18. The Morgan fingerprint density at radius 1 is 1.00 bits per heavy atom. The quantitative estimate of drug-likeness (QED) is 0.859. The fourth-order valence-corrected chi connectivity index (χ4v) is 2.98. The molecule has 24 heavy (non-hydrogen) atoms. The van der Waals surface area contributed by atoms with Gasteiger partial charge in [-0.1, -0.05) is 42.5 Å². The maximum atomic E-state index is 12.2. The number of nitrogens with one attached hydrogen (secondary N) is 2. The zero-order valence-corrected chi connectivity index (χ0v) is 15.2. The van der Waals surface area contributed by atoms with E-state index in [9.17, 15) is 9.00 Å². The van der Waals surface area contributed by atoms with Gasteiger partial charge >= 0.3 is 6.03 Å². The van der Waals surface area contributed by atoms with Gasteiger partial charge in [-0.2, -0.15) is 0 Å². The summed E-state index contributed by atoms with van der Waals surface area (Å²) in [6, 6.07) is 17.0. The number of carbonyl (C=O) groups excluding carboxylic acids is 1. The van der Waals surface area contributed by atoms with E-state index in [4.69, 9.17) is 0 Å². The monoisotopic (exact) mass is 344 g/mol. The van der Waals surface area contributed by atoms with E-state index in [0.717, 1.165) is 11.1 Å². The fraction of sp³-hybridized carbons (Fsp3) is 0.316. The molecule has 0 aliphatic rings. The number of urea groups is 1.